The number of hydrazine groups is 1. The molecule has 0 fully saturated rings. The fraction of sp³-hybridized carbons (Fsp3) is 0.143. The van der Waals surface area contributed by atoms with Crippen LogP contribution < -0.4 is 11.3 Å². The average molecular weight is 194 g/mol. The standard InChI is InChI=1S/C7H6F4N2/c8-4-1-2-5(7(9,10)11)6(3-4)13-12/h1-3,13H,12H2. The number of halogens is 4. The normalized spacial score (nSPS) is 11.5. The predicted molar refractivity (Wildman–Crippen MR) is 39.2 cm³/mol. The van der Waals surface area contributed by atoms with Crippen molar-refractivity contribution in [3.8, 4) is 0 Å². The van der Waals surface area contributed by atoms with Crippen molar-refractivity contribution in [3.63, 3.8) is 0 Å². The van der Waals surface area contributed by atoms with Crippen LogP contribution in [0.4, 0.5) is 23.2 Å². The van der Waals surface area contributed by atoms with Crippen molar-refractivity contribution in [2.45, 2.75) is 6.18 Å². The lowest BCUT2D eigenvalue weighted by atomic mass is 10.1. The molecule has 6 heteroatoms. The highest BCUT2D eigenvalue weighted by molar-refractivity contribution is 5.51. The van der Waals surface area contributed by atoms with E-state index in [-0.39, 0.29) is 0 Å². The summed E-state index contributed by atoms with van der Waals surface area (Å²) in [7, 11) is 0. The van der Waals surface area contributed by atoms with Gasteiger partial charge in [0.25, 0.3) is 0 Å². The van der Waals surface area contributed by atoms with E-state index >= 15 is 0 Å². The van der Waals surface area contributed by atoms with Crippen LogP contribution in [-0.4, -0.2) is 0 Å². The maximum Gasteiger partial charge on any atom is 0.418 e. The summed E-state index contributed by atoms with van der Waals surface area (Å²) in [5.41, 5.74) is 0.314. The summed E-state index contributed by atoms with van der Waals surface area (Å²) in [5, 5.41) is 0. The van der Waals surface area contributed by atoms with E-state index in [0.29, 0.717) is 12.1 Å². The van der Waals surface area contributed by atoms with Crippen LogP contribution >= 0.6 is 0 Å². The van der Waals surface area contributed by atoms with Crippen molar-refractivity contribution in [2.75, 3.05) is 5.43 Å². The lowest BCUT2D eigenvalue weighted by molar-refractivity contribution is -0.137. The third-order valence-electron chi connectivity index (χ3n) is 1.44. The molecule has 0 heterocycles. The van der Waals surface area contributed by atoms with Crippen LogP contribution in [0.2, 0.25) is 0 Å². The van der Waals surface area contributed by atoms with Crippen molar-refractivity contribution < 1.29 is 17.6 Å². The molecule has 0 aliphatic carbocycles. The Hall–Kier alpha value is -1.30. The number of benzene rings is 1. The molecule has 0 spiro atoms. The first-order valence-electron chi connectivity index (χ1n) is 3.28. The first-order chi connectivity index (χ1) is 5.95. The summed E-state index contributed by atoms with van der Waals surface area (Å²) in [5.74, 6) is 4.02. The van der Waals surface area contributed by atoms with Crippen LogP contribution in [0.1, 0.15) is 5.56 Å². The molecule has 1 rings (SSSR count). The van der Waals surface area contributed by atoms with Gasteiger partial charge in [-0.1, -0.05) is 0 Å². The number of rotatable bonds is 1. The Labute approximate surface area is 71.3 Å². The summed E-state index contributed by atoms with van der Waals surface area (Å²) in [6.07, 6.45) is -4.53. The van der Waals surface area contributed by atoms with Crippen LogP contribution in [0.3, 0.4) is 0 Å². The third kappa shape index (κ3) is 2.09. The van der Waals surface area contributed by atoms with Gasteiger partial charge in [0.05, 0.1) is 11.3 Å². The van der Waals surface area contributed by atoms with Crippen molar-refractivity contribution in [1.82, 2.24) is 0 Å². The molecule has 0 saturated carbocycles. The fourth-order valence-electron chi connectivity index (χ4n) is 0.883. The van der Waals surface area contributed by atoms with Gasteiger partial charge in [-0.25, -0.2) is 4.39 Å². The van der Waals surface area contributed by atoms with E-state index in [9.17, 15) is 17.6 Å². The molecule has 2 nitrogen and oxygen atoms in total. The molecule has 0 bridgehead atoms. The summed E-state index contributed by atoms with van der Waals surface area (Å²) in [6, 6.07) is 2.04. The second-order valence-corrected chi connectivity index (χ2v) is 2.33. The SMILES string of the molecule is NNc1cc(F)ccc1C(F)(F)F. The Morgan fingerprint density at radius 2 is 1.85 bits per heavy atom. The summed E-state index contributed by atoms with van der Waals surface area (Å²) in [6.45, 7) is 0. The maximum atomic E-state index is 12.5. The first-order valence-corrected chi connectivity index (χ1v) is 3.28. The van der Waals surface area contributed by atoms with E-state index in [0.717, 1.165) is 6.07 Å². The van der Waals surface area contributed by atoms with Gasteiger partial charge < -0.3 is 5.43 Å². The number of hydrogen-bond donors (Lipinski definition) is 2. The van der Waals surface area contributed by atoms with Gasteiger partial charge in [-0.05, 0) is 18.2 Å². The lowest BCUT2D eigenvalue weighted by Crippen LogP contribution is -2.14. The number of nitrogens with one attached hydrogen (secondary N) is 1. The van der Waals surface area contributed by atoms with Gasteiger partial charge in [0.2, 0.25) is 0 Å². The van der Waals surface area contributed by atoms with Crippen molar-refractivity contribution >= 4 is 5.69 Å². The maximum absolute atomic E-state index is 12.5. The topological polar surface area (TPSA) is 38.0 Å². The molecule has 0 aromatic heterocycles. The zero-order chi connectivity index (χ0) is 10.1. The van der Waals surface area contributed by atoms with E-state index in [4.69, 9.17) is 5.84 Å². The third-order valence-corrected chi connectivity index (χ3v) is 1.44. The number of nitrogens with two attached hydrogens (primary N) is 1. The molecule has 0 saturated heterocycles. The van der Waals surface area contributed by atoms with Gasteiger partial charge in [-0.2, -0.15) is 13.2 Å². The number of hydrogen-bond acceptors (Lipinski definition) is 2. The number of alkyl halides is 3. The van der Waals surface area contributed by atoms with E-state index < -0.39 is 23.2 Å². The number of nitrogen functional groups attached to an aromatic ring is 1. The van der Waals surface area contributed by atoms with Gasteiger partial charge in [0.15, 0.2) is 0 Å². The van der Waals surface area contributed by atoms with Gasteiger partial charge in [0.1, 0.15) is 5.82 Å². The molecule has 1 aromatic rings. The fourth-order valence-corrected chi connectivity index (χ4v) is 0.883. The average Bonchev–Trinajstić information content (AvgIpc) is 2.01. The molecular weight excluding hydrogens is 188 g/mol. The summed E-state index contributed by atoms with van der Waals surface area (Å²) in [4.78, 5) is 0. The Bertz CT molecular complexity index is 308. The molecule has 72 valence electrons. The zero-order valence-corrected chi connectivity index (χ0v) is 6.32. The molecule has 0 radical (unpaired) electrons. The van der Waals surface area contributed by atoms with Gasteiger partial charge >= 0.3 is 6.18 Å². The minimum Gasteiger partial charge on any atom is -0.323 e. The largest absolute Gasteiger partial charge is 0.418 e. The highest BCUT2D eigenvalue weighted by Gasteiger charge is 2.33. The second kappa shape index (κ2) is 3.21. The van der Waals surface area contributed by atoms with Gasteiger partial charge in [-0.3, -0.25) is 5.84 Å². The molecule has 3 N–H and O–H groups in total. The zero-order valence-electron chi connectivity index (χ0n) is 6.32. The van der Waals surface area contributed by atoms with Crippen molar-refractivity contribution in [1.29, 1.82) is 0 Å². The molecule has 0 aliphatic heterocycles. The minimum absolute atomic E-state index is 0.479. The first kappa shape index (κ1) is 9.79. The van der Waals surface area contributed by atoms with Crippen molar-refractivity contribution in [2.24, 2.45) is 5.84 Å². The van der Waals surface area contributed by atoms with E-state index in [1.165, 1.54) is 0 Å². The van der Waals surface area contributed by atoms with E-state index in [1.54, 1.807) is 5.43 Å². The summed E-state index contributed by atoms with van der Waals surface area (Å²) < 4.78 is 48.9. The Morgan fingerprint density at radius 1 is 1.23 bits per heavy atom. The number of anilines is 1. The Balaban J connectivity index is 3.22. The van der Waals surface area contributed by atoms with Crippen molar-refractivity contribution in [3.05, 3.63) is 29.6 Å². The smallest absolute Gasteiger partial charge is 0.323 e. The monoisotopic (exact) mass is 194 g/mol. The molecule has 13 heavy (non-hydrogen) atoms. The Kier molecular flexibility index (Phi) is 2.42. The molecule has 0 atom stereocenters. The predicted octanol–water partition coefficient (Wildman–Crippen LogP) is 2.13. The van der Waals surface area contributed by atoms with E-state index in [2.05, 4.69) is 0 Å². The minimum atomic E-state index is -4.53. The van der Waals surface area contributed by atoms with Gasteiger partial charge in [-0.15, -0.1) is 0 Å². The highest BCUT2D eigenvalue weighted by Crippen LogP contribution is 2.34. The highest BCUT2D eigenvalue weighted by atomic mass is 19.4. The molecular formula is C7H6F4N2. The van der Waals surface area contributed by atoms with Crippen LogP contribution in [0.5, 0.6) is 0 Å². The Morgan fingerprint density at radius 3 is 2.31 bits per heavy atom. The van der Waals surface area contributed by atoms with Gasteiger partial charge in [0, 0.05) is 0 Å². The quantitative estimate of drug-likeness (QED) is 0.408. The molecule has 0 amide bonds. The van der Waals surface area contributed by atoms with Crippen LogP contribution in [0.15, 0.2) is 18.2 Å². The molecule has 1 aromatic carbocycles. The van der Waals surface area contributed by atoms with Crippen LogP contribution in [0, 0.1) is 5.82 Å². The van der Waals surface area contributed by atoms with E-state index in [1.807, 2.05) is 0 Å². The lowest BCUT2D eigenvalue weighted by Gasteiger charge is -2.11. The summed E-state index contributed by atoms with van der Waals surface area (Å²) >= 11 is 0. The molecule has 0 aliphatic rings. The second-order valence-electron chi connectivity index (χ2n) is 2.33. The van der Waals surface area contributed by atoms with Crippen LogP contribution in [-0.2, 0) is 6.18 Å². The van der Waals surface area contributed by atoms with Crippen LogP contribution in [0.25, 0.3) is 0 Å². The molecule has 0 unspecified atom stereocenters.